The first-order valence-corrected chi connectivity index (χ1v) is 10.1. The first-order chi connectivity index (χ1) is 14.0. The third kappa shape index (κ3) is 4.23. The van der Waals surface area contributed by atoms with Crippen LogP contribution in [-0.4, -0.2) is 52.6 Å². The van der Waals surface area contributed by atoms with Crippen LogP contribution in [-0.2, 0) is 16.0 Å². The molecule has 0 saturated carbocycles. The van der Waals surface area contributed by atoms with Crippen molar-refractivity contribution in [2.24, 2.45) is 0 Å². The molecule has 2 aromatic rings. The number of anilines is 1. The van der Waals surface area contributed by atoms with Gasteiger partial charge in [-0.1, -0.05) is 30.3 Å². The van der Waals surface area contributed by atoms with E-state index in [1.165, 1.54) is 0 Å². The maximum atomic E-state index is 12.5. The molecule has 0 radical (unpaired) electrons. The lowest BCUT2D eigenvalue weighted by Crippen LogP contribution is -2.38. The number of piperidine rings is 1. The van der Waals surface area contributed by atoms with Crippen molar-refractivity contribution < 1.29 is 14.3 Å². The van der Waals surface area contributed by atoms with Crippen LogP contribution in [0.4, 0.5) is 10.6 Å². The number of likely N-dealkylation sites (tertiary alicyclic amines) is 1. The van der Waals surface area contributed by atoms with Gasteiger partial charge in [0.1, 0.15) is 18.2 Å². The number of benzene rings is 1. The number of amides is 2. The highest BCUT2D eigenvalue weighted by Crippen LogP contribution is 2.29. The Morgan fingerprint density at radius 1 is 1.17 bits per heavy atom. The summed E-state index contributed by atoms with van der Waals surface area (Å²) in [6.07, 6.45) is 2.02. The Morgan fingerprint density at radius 2 is 1.90 bits per heavy atom. The van der Waals surface area contributed by atoms with Gasteiger partial charge in [0.15, 0.2) is 0 Å². The number of aromatic nitrogens is 2. The predicted molar refractivity (Wildman–Crippen MR) is 109 cm³/mol. The summed E-state index contributed by atoms with van der Waals surface area (Å²) in [5, 5.41) is 0. The lowest BCUT2D eigenvalue weighted by Gasteiger charge is -2.31. The SMILES string of the molecule is CC(=O)N1CCC(c2nc(C)cc(N3C(=O)OCC3Cc3ccccc3)n2)CC1. The molecule has 152 valence electrons. The fraction of sp³-hybridized carbons (Fsp3) is 0.455. The molecule has 29 heavy (non-hydrogen) atoms. The number of ether oxygens (including phenoxy) is 1. The minimum atomic E-state index is -0.360. The Bertz CT molecular complexity index is 894. The molecule has 2 saturated heterocycles. The van der Waals surface area contributed by atoms with Crippen LogP contribution < -0.4 is 4.90 Å². The van der Waals surface area contributed by atoms with E-state index in [-0.39, 0.29) is 24.0 Å². The third-order valence-corrected chi connectivity index (χ3v) is 5.69. The average molecular weight is 394 g/mol. The number of aryl methyl sites for hydroxylation is 1. The van der Waals surface area contributed by atoms with Gasteiger partial charge in [0, 0.05) is 37.7 Å². The molecule has 7 heteroatoms. The van der Waals surface area contributed by atoms with Gasteiger partial charge < -0.3 is 9.64 Å². The summed E-state index contributed by atoms with van der Waals surface area (Å²) < 4.78 is 5.35. The molecule has 2 aliphatic rings. The van der Waals surface area contributed by atoms with Crippen molar-refractivity contribution in [3.8, 4) is 0 Å². The average Bonchev–Trinajstić information content (AvgIpc) is 3.08. The number of hydrogen-bond donors (Lipinski definition) is 0. The summed E-state index contributed by atoms with van der Waals surface area (Å²) >= 11 is 0. The van der Waals surface area contributed by atoms with Gasteiger partial charge in [-0.25, -0.2) is 14.8 Å². The Morgan fingerprint density at radius 3 is 2.59 bits per heavy atom. The quantitative estimate of drug-likeness (QED) is 0.797. The van der Waals surface area contributed by atoms with Crippen molar-refractivity contribution in [2.45, 2.75) is 45.1 Å². The largest absolute Gasteiger partial charge is 0.447 e. The molecule has 2 amide bonds. The Balaban J connectivity index is 1.56. The first-order valence-electron chi connectivity index (χ1n) is 10.1. The van der Waals surface area contributed by atoms with E-state index in [1.54, 1.807) is 11.8 Å². The molecule has 1 atom stereocenters. The standard InChI is InChI=1S/C22H26N4O3/c1-15-12-20(24-21(23-15)18-8-10-25(11-9-18)16(2)27)26-19(14-29-22(26)28)13-17-6-4-3-5-7-17/h3-7,12,18-19H,8-11,13-14H2,1-2H3. The van der Waals surface area contributed by atoms with Crippen LogP contribution >= 0.6 is 0 Å². The zero-order valence-electron chi connectivity index (χ0n) is 16.9. The van der Waals surface area contributed by atoms with Crippen LogP contribution in [0.5, 0.6) is 0 Å². The number of hydrogen-bond acceptors (Lipinski definition) is 5. The minimum absolute atomic E-state index is 0.0911. The minimum Gasteiger partial charge on any atom is -0.447 e. The maximum Gasteiger partial charge on any atom is 0.415 e. The van der Waals surface area contributed by atoms with Gasteiger partial charge in [0.2, 0.25) is 5.91 Å². The zero-order valence-corrected chi connectivity index (χ0v) is 16.9. The van der Waals surface area contributed by atoms with Gasteiger partial charge in [-0.3, -0.25) is 9.69 Å². The van der Waals surface area contributed by atoms with E-state index < -0.39 is 0 Å². The second kappa shape index (κ2) is 8.19. The van der Waals surface area contributed by atoms with Crippen LogP contribution in [0.1, 0.15) is 42.8 Å². The summed E-state index contributed by atoms with van der Waals surface area (Å²) in [6, 6.07) is 11.8. The van der Waals surface area contributed by atoms with Crippen LogP contribution in [0.15, 0.2) is 36.4 Å². The number of rotatable bonds is 4. The molecule has 0 bridgehead atoms. The van der Waals surface area contributed by atoms with Crippen molar-refractivity contribution in [3.63, 3.8) is 0 Å². The van der Waals surface area contributed by atoms with Gasteiger partial charge in [-0.15, -0.1) is 0 Å². The van der Waals surface area contributed by atoms with Gasteiger partial charge in [0.25, 0.3) is 0 Å². The molecule has 3 heterocycles. The highest BCUT2D eigenvalue weighted by Gasteiger charge is 2.36. The second-order valence-corrected chi connectivity index (χ2v) is 7.80. The zero-order chi connectivity index (χ0) is 20.4. The van der Waals surface area contributed by atoms with Crippen LogP contribution in [0.2, 0.25) is 0 Å². The van der Waals surface area contributed by atoms with Crippen molar-refractivity contribution in [1.82, 2.24) is 14.9 Å². The summed E-state index contributed by atoms with van der Waals surface area (Å²) in [5.41, 5.74) is 1.99. The van der Waals surface area contributed by atoms with E-state index in [9.17, 15) is 9.59 Å². The van der Waals surface area contributed by atoms with Gasteiger partial charge in [-0.2, -0.15) is 0 Å². The van der Waals surface area contributed by atoms with Crippen molar-refractivity contribution in [1.29, 1.82) is 0 Å². The van der Waals surface area contributed by atoms with Crippen LogP contribution in [0.25, 0.3) is 0 Å². The van der Waals surface area contributed by atoms with E-state index in [0.29, 0.717) is 18.8 Å². The topological polar surface area (TPSA) is 75.6 Å². The Kier molecular flexibility index (Phi) is 5.47. The van der Waals surface area contributed by atoms with E-state index >= 15 is 0 Å². The number of cyclic esters (lactones) is 1. The monoisotopic (exact) mass is 394 g/mol. The normalized spacial score (nSPS) is 20.1. The van der Waals surface area contributed by atoms with Gasteiger partial charge in [-0.05, 0) is 31.7 Å². The second-order valence-electron chi connectivity index (χ2n) is 7.80. The molecular formula is C22H26N4O3. The van der Waals surface area contributed by atoms with E-state index in [4.69, 9.17) is 9.72 Å². The lowest BCUT2D eigenvalue weighted by atomic mass is 9.95. The van der Waals surface area contributed by atoms with E-state index in [2.05, 4.69) is 17.1 Å². The Labute approximate surface area is 170 Å². The fourth-order valence-electron chi connectivity index (χ4n) is 4.11. The highest BCUT2D eigenvalue weighted by atomic mass is 16.6. The first kappa shape index (κ1) is 19.4. The number of nitrogens with zero attached hydrogens (tertiary/aromatic N) is 4. The number of carbonyl (C=O) groups is 2. The molecule has 1 aromatic carbocycles. The summed E-state index contributed by atoms with van der Waals surface area (Å²) in [5.74, 6) is 1.65. The Hall–Kier alpha value is -2.96. The predicted octanol–water partition coefficient (Wildman–Crippen LogP) is 3.08. The van der Waals surface area contributed by atoms with Crippen molar-refractivity contribution in [2.75, 3.05) is 24.6 Å². The molecule has 1 aromatic heterocycles. The van der Waals surface area contributed by atoms with Crippen molar-refractivity contribution in [3.05, 3.63) is 53.5 Å². The van der Waals surface area contributed by atoms with Gasteiger partial charge in [0.05, 0.1) is 6.04 Å². The molecule has 1 unspecified atom stereocenters. The molecule has 7 nitrogen and oxygen atoms in total. The molecule has 2 fully saturated rings. The molecule has 4 rings (SSSR count). The molecule has 0 aliphatic carbocycles. The molecule has 2 aliphatic heterocycles. The smallest absolute Gasteiger partial charge is 0.415 e. The fourth-order valence-corrected chi connectivity index (χ4v) is 4.11. The summed E-state index contributed by atoms with van der Waals surface area (Å²) in [4.78, 5) is 37.0. The summed E-state index contributed by atoms with van der Waals surface area (Å²) in [7, 11) is 0. The molecular weight excluding hydrogens is 368 g/mol. The van der Waals surface area contributed by atoms with Crippen LogP contribution in [0.3, 0.4) is 0 Å². The van der Waals surface area contributed by atoms with Gasteiger partial charge >= 0.3 is 6.09 Å². The van der Waals surface area contributed by atoms with Crippen LogP contribution in [0, 0.1) is 6.92 Å². The van der Waals surface area contributed by atoms with E-state index in [0.717, 1.165) is 43.0 Å². The van der Waals surface area contributed by atoms with E-state index in [1.807, 2.05) is 36.1 Å². The summed E-state index contributed by atoms with van der Waals surface area (Å²) in [6.45, 7) is 5.31. The molecule has 0 N–H and O–H groups in total. The highest BCUT2D eigenvalue weighted by molar-refractivity contribution is 5.89. The maximum absolute atomic E-state index is 12.5. The number of carbonyl (C=O) groups excluding carboxylic acids is 2. The van der Waals surface area contributed by atoms with Crippen molar-refractivity contribution >= 4 is 17.8 Å². The lowest BCUT2D eigenvalue weighted by molar-refractivity contribution is -0.129. The third-order valence-electron chi connectivity index (χ3n) is 5.69. The molecule has 0 spiro atoms.